The van der Waals surface area contributed by atoms with Crippen LogP contribution in [0, 0.1) is 23.7 Å². The lowest BCUT2D eigenvalue weighted by Crippen LogP contribution is -2.59. The summed E-state index contributed by atoms with van der Waals surface area (Å²) in [4.78, 5) is 65.1. The van der Waals surface area contributed by atoms with Crippen molar-refractivity contribution in [1.29, 1.82) is 0 Å². The molecule has 16 nitrogen and oxygen atoms in total. The van der Waals surface area contributed by atoms with Crippen LogP contribution in [0.5, 0.6) is 11.5 Å². The summed E-state index contributed by atoms with van der Waals surface area (Å²) in [6, 6.07) is 8.20. The minimum Gasteiger partial charge on any atom is -0.491 e. The van der Waals surface area contributed by atoms with Crippen molar-refractivity contribution in [2.24, 2.45) is 29.4 Å². The fourth-order valence-corrected chi connectivity index (χ4v) is 11.6. The SMILES string of the molecule is CC(C)Oc1ccc(-c2cc(O[C@@H]3C[C@@H](C(N)=O)N(C(=O)[C@@H](NC(=O)OC4(C(F)(F)F)CCCOC4)[C@H](C)C[C@@H](C)CC/C=C\[C@@H]4CCCC4C(=O)NS(=O)(=O)C4(C)CC4)C3)cc(-c3nccs3)n2)cc1. The minimum absolute atomic E-state index is 0.00714. The zero-order chi connectivity index (χ0) is 51.3. The molecule has 21 heteroatoms. The van der Waals surface area contributed by atoms with E-state index in [2.05, 4.69) is 15.0 Å². The molecule has 7 rings (SSSR count). The number of carbonyl (C=O) groups excluding carboxylic acids is 4. The third-order valence-corrected chi connectivity index (χ3v) is 17.0. The Kier molecular flexibility index (Phi) is 16.8. The summed E-state index contributed by atoms with van der Waals surface area (Å²) >= 11 is 1.38. The number of likely N-dealkylation sites (tertiary alicyclic amines) is 1. The van der Waals surface area contributed by atoms with Gasteiger partial charge < -0.3 is 34.9 Å². The molecule has 388 valence electrons. The van der Waals surface area contributed by atoms with E-state index in [0.29, 0.717) is 66.4 Å². The Morgan fingerprint density at radius 3 is 2.39 bits per heavy atom. The van der Waals surface area contributed by atoms with Crippen molar-refractivity contribution in [2.75, 3.05) is 19.8 Å². The van der Waals surface area contributed by atoms with Gasteiger partial charge in [-0.25, -0.2) is 23.2 Å². The number of nitrogens with zero attached hydrogens (tertiary/aromatic N) is 3. The van der Waals surface area contributed by atoms with E-state index in [4.69, 9.17) is 29.7 Å². The third kappa shape index (κ3) is 13.0. The molecule has 2 saturated carbocycles. The van der Waals surface area contributed by atoms with Crippen LogP contribution >= 0.6 is 11.3 Å². The largest absolute Gasteiger partial charge is 0.491 e. The van der Waals surface area contributed by atoms with Crippen LogP contribution in [-0.4, -0.2) is 108 Å². The number of aromatic nitrogens is 2. The molecule has 2 unspecified atom stereocenters. The summed E-state index contributed by atoms with van der Waals surface area (Å²) in [6.45, 7) is 8.15. The molecule has 4 amide bonds. The van der Waals surface area contributed by atoms with Crippen LogP contribution in [-0.2, 0) is 33.9 Å². The highest BCUT2D eigenvalue weighted by Crippen LogP contribution is 2.43. The number of carbonyl (C=O) groups is 4. The van der Waals surface area contributed by atoms with E-state index in [9.17, 15) is 40.8 Å². The van der Waals surface area contributed by atoms with E-state index >= 15 is 0 Å². The summed E-state index contributed by atoms with van der Waals surface area (Å²) < 4.78 is 93.0. The van der Waals surface area contributed by atoms with Crippen molar-refractivity contribution in [2.45, 2.75) is 146 Å². The van der Waals surface area contributed by atoms with Gasteiger partial charge in [0.2, 0.25) is 33.3 Å². The summed E-state index contributed by atoms with van der Waals surface area (Å²) in [7, 11) is -3.76. The Morgan fingerprint density at radius 2 is 1.76 bits per heavy atom. The normalized spacial score (nSPS) is 24.5. The second-order valence-electron chi connectivity index (χ2n) is 20.1. The number of hydrogen-bond acceptors (Lipinski definition) is 13. The van der Waals surface area contributed by atoms with Crippen molar-refractivity contribution in [3.8, 4) is 33.5 Å². The molecule has 3 aromatic rings. The highest BCUT2D eigenvalue weighted by atomic mass is 32.2. The van der Waals surface area contributed by atoms with Crippen LogP contribution in [0.15, 0.2) is 60.1 Å². The fourth-order valence-electron chi connectivity index (χ4n) is 9.70. The van der Waals surface area contributed by atoms with Crippen LogP contribution in [0.2, 0.25) is 0 Å². The maximum atomic E-state index is 14.8. The molecule has 71 heavy (non-hydrogen) atoms. The molecular weight excluding hydrogens is 966 g/mol. The van der Waals surface area contributed by atoms with Crippen LogP contribution in [0.1, 0.15) is 105 Å². The van der Waals surface area contributed by atoms with Crippen LogP contribution in [0.4, 0.5) is 18.0 Å². The molecule has 4 fully saturated rings. The van der Waals surface area contributed by atoms with Crippen molar-refractivity contribution in [3.05, 3.63) is 60.1 Å². The van der Waals surface area contributed by atoms with Gasteiger partial charge >= 0.3 is 12.3 Å². The van der Waals surface area contributed by atoms with Crippen LogP contribution in [0.3, 0.4) is 0 Å². The van der Waals surface area contributed by atoms with Crippen molar-refractivity contribution < 1.29 is 59.7 Å². The number of rotatable bonds is 20. The van der Waals surface area contributed by atoms with Crippen molar-refractivity contribution >= 4 is 45.2 Å². The number of nitrogens with two attached hydrogens (primary N) is 1. The van der Waals surface area contributed by atoms with Gasteiger partial charge in [-0.05, 0) is 114 Å². The first-order chi connectivity index (χ1) is 33.6. The fraction of sp³-hybridized carbons (Fsp3) is 0.600. The average Bonchev–Trinajstić information content (AvgIpc) is 3.70. The molecule has 2 aliphatic carbocycles. The van der Waals surface area contributed by atoms with Crippen LogP contribution in [0.25, 0.3) is 22.0 Å². The van der Waals surface area contributed by atoms with Gasteiger partial charge in [-0.2, -0.15) is 13.2 Å². The highest BCUT2D eigenvalue weighted by Gasteiger charge is 2.60. The number of pyridine rings is 1. The number of hydrogen-bond donors (Lipinski definition) is 3. The zero-order valence-corrected chi connectivity index (χ0v) is 42.4. The minimum atomic E-state index is -4.97. The molecule has 2 aliphatic heterocycles. The molecule has 2 saturated heterocycles. The number of thiazole rings is 1. The molecule has 4 heterocycles. The van der Waals surface area contributed by atoms with Gasteiger partial charge in [0.25, 0.3) is 0 Å². The topological polar surface area (TPSA) is 218 Å². The summed E-state index contributed by atoms with van der Waals surface area (Å²) in [6.07, 6.45) is 2.40. The van der Waals surface area contributed by atoms with E-state index in [1.807, 2.05) is 62.6 Å². The second-order valence-corrected chi connectivity index (χ2v) is 23.2. The van der Waals surface area contributed by atoms with Gasteiger partial charge in [0.05, 0.1) is 29.7 Å². The first-order valence-electron chi connectivity index (χ1n) is 24.4. The standard InChI is InChI=1S/C50H65F3N6O10S2/c1-30(2)67-35-16-14-34(15-17-35)39-25-36(26-40(56-39)45-55-21-23-70-45)68-37-27-41(43(54)60)59(28-37)46(62)42(57-47(63)69-49(50(51,52)53)18-9-22-66-29-49)32(4)24-31(3)10-6-7-11-33-12-8-13-38(33)44(61)58-71(64,65)48(5)19-20-48/h7,11,14-17,21,23,25-26,30-33,37-38,41-42H,6,8-10,12-13,18-20,22,24,27-29H2,1-5H3,(H2,54,60)(H,57,63)(H,58,61)/b11-7-/t31-,32+,33+,37+,38?,41-,42-,49?/m0/s1. The van der Waals surface area contributed by atoms with E-state index in [1.54, 1.807) is 32.2 Å². The number of halogens is 3. The monoisotopic (exact) mass is 1030 g/mol. The van der Waals surface area contributed by atoms with Gasteiger partial charge in [-0.1, -0.05) is 32.4 Å². The van der Waals surface area contributed by atoms with Gasteiger partial charge in [0.1, 0.15) is 40.4 Å². The van der Waals surface area contributed by atoms with E-state index in [0.717, 1.165) is 18.4 Å². The predicted octanol–water partition coefficient (Wildman–Crippen LogP) is 8.11. The van der Waals surface area contributed by atoms with Gasteiger partial charge in [0, 0.05) is 54.6 Å². The average molecular weight is 1030 g/mol. The number of alkyl carbamates (subject to hydrolysis) is 1. The molecule has 0 bridgehead atoms. The molecule has 0 radical (unpaired) electrons. The van der Waals surface area contributed by atoms with E-state index < -0.39 is 93.4 Å². The predicted molar refractivity (Wildman–Crippen MR) is 259 cm³/mol. The van der Waals surface area contributed by atoms with Gasteiger partial charge in [-0.15, -0.1) is 11.3 Å². The number of ether oxygens (including phenoxy) is 4. The number of alkyl halides is 3. The Bertz CT molecular complexity index is 2500. The molecule has 4 aliphatic rings. The van der Waals surface area contributed by atoms with Gasteiger partial charge in [0.15, 0.2) is 0 Å². The molecule has 2 aromatic heterocycles. The Balaban J connectivity index is 1.06. The van der Waals surface area contributed by atoms with Gasteiger partial charge in [-0.3, -0.25) is 19.1 Å². The van der Waals surface area contributed by atoms with E-state index in [-0.39, 0.29) is 43.9 Å². The molecule has 8 atom stereocenters. The lowest BCUT2D eigenvalue weighted by atomic mass is 9.87. The van der Waals surface area contributed by atoms with Crippen molar-refractivity contribution in [3.63, 3.8) is 0 Å². The third-order valence-electron chi connectivity index (χ3n) is 14.0. The highest BCUT2D eigenvalue weighted by molar-refractivity contribution is 7.91. The number of sulfonamides is 1. The summed E-state index contributed by atoms with van der Waals surface area (Å²) in [5, 5.41) is 4.90. The number of allylic oxidation sites excluding steroid dienone is 2. The number of benzene rings is 1. The first-order valence-corrected chi connectivity index (χ1v) is 26.8. The lowest BCUT2D eigenvalue weighted by molar-refractivity contribution is -0.285. The number of nitrogens with one attached hydrogen (secondary N) is 2. The summed E-state index contributed by atoms with van der Waals surface area (Å²) in [5.41, 5.74) is 4.83. The zero-order valence-electron chi connectivity index (χ0n) is 40.7. The Hall–Kier alpha value is -5.28. The van der Waals surface area contributed by atoms with Crippen molar-refractivity contribution in [1.82, 2.24) is 24.9 Å². The quantitative estimate of drug-likeness (QED) is 0.0915. The molecular formula is C50H65F3N6O10S2. The second kappa shape index (κ2) is 22.2. The maximum absolute atomic E-state index is 14.8. The summed E-state index contributed by atoms with van der Waals surface area (Å²) in [5.74, 6) is -2.39. The number of primary amides is 1. The van der Waals surface area contributed by atoms with E-state index in [1.165, 1.54) is 16.2 Å². The molecule has 4 N–H and O–H groups in total. The first kappa shape index (κ1) is 53.5. The number of amides is 4. The molecule has 0 spiro atoms. The molecule has 1 aromatic carbocycles. The smallest absolute Gasteiger partial charge is 0.430 e. The Labute approximate surface area is 417 Å². The Morgan fingerprint density at radius 1 is 1.03 bits per heavy atom. The maximum Gasteiger partial charge on any atom is 0.430 e. The van der Waals surface area contributed by atoms with Crippen LogP contribution < -0.4 is 25.2 Å². The lowest BCUT2D eigenvalue weighted by Gasteiger charge is -2.38.